The zero-order valence-corrected chi connectivity index (χ0v) is 20.5. The van der Waals surface area contributed by atoms with Gasteiger partial charge in [0.25, 0.3) is 27.3 Å². The second-order valence-electron chi connectivity index (χ2n) is 7.61. The summed E-state index contributed by atoms with van der Waals surface area (Å²) in [5.41, 5.74) is 0.978. The van der Waals surface area contributed by atoms with Crippen LogP contribution in [0.15, 0.2) is 65.6 Å². The number of thiocarbonyl (C=S) groups is 1. The standard InChI is InChI=1S/C22H19N5O7S2/c1-13-3-8-20(14(2)9-13)25-36(33,34)19-6-4-16(5-7-19)23-22(35)24-21(28)15-10-17(26(29)30)12-18(11-15)27(31)32/h3-12,25H,1-2H3,(H2,23,24,28,35). The second kappa shape index (κ2) is 10.5. The molecule has 0 aliphatic heterocycles. The van der Waals surface area contributed by atoms with E-state index in [1.165, 1.54) is 24.3 Å². The number of sulfonamides is 1. The molecule has 0 aromatic heterocycles. The van der Waals surface area contributed by atoms with Gasteiger partial charge >= 0.3 is 0 Å². The van der Waals surface area contributed by atoms with Gasteiger partial charge in [-0.2, -0.15) is 0 Å². The monoisotopic (exact) mass is 529 g/mol. The molecular formula is C22H19N5O7S2. The zero-order chi connectivity index (χ0) is 26.6. The average molecular weight is 530 g/mol. The lowest BCUT2D eigenvalue weighted by Gasteiger charge is -2.13. The van der Waals surface area contributed by atoms with Gasteiger partial charge in [-0.1, -0.05) is 17.7 Å². The Morgan fingerprint density at radius 2 is 1.47 bits per heavy atom. The summed E-state index contributed by atoms with van der Waals surface area (Å²) in [6, 6.07) is 13.3. The number of amides is 1. The summed E-state index contributed by atoms with van der Waals surface area (Å²) >= 11 is 5.06. The van der Waals surface area contributed by atoms with Crippen LogP contribution in [0.1, 0.15) is 21.5 Å². The summed E-state index contributed by atoms with van der Waals surface area (Å²) in [7, 11) is -3.86. The van der Waals surface area contributed by atoms with Crippen LogP contribution in [0.4, 0.5) is 22.7 Å². The molecule has 0 fully saturated rings. The van der Waals surface area contributed by atoms with E-state index in [2.05, 4.69) is 15.4 Å². The number of non-ortho nitro benzene ring substituents is 2. The fourth-order valence-electron chi connectivity index (χ4n) is 3.12. The molecule has 1 amide bonds. The number of benzene rings is 3. The molecule has 0 aliphatic carbocycles. The lowest BCUT2D eigenvalue weighted by Crippen LogP contribution is -2.34. The summed E-state index contributed by atoms with van der Waals surface area (Å²) in [6.45, 7) is 3.69. The van der Waals surface area contributed by atoms with Crippen molar-refractivity contribution < 1.29 is 23.1 Å². The third-order valence-corrected chi connectivity index (χ3v) is 6.45. The molecule has 0 unspecified atom stereocenters. The van der Waals surface area contributed by atoms with E-state index in [9.17, 15) is 33.4 Å². The molecule has 0 bridgehead atoms. The molecule has 3 N–H and O–H groups in total. The maximum atomic E-state index is 12.7. The Hall–Kier alpha value is -4.43. The number of nitrogens with one attached hydrogen (secondary N) is 3. The van der Waals surface area contributed by atoms with Crippen molar-refractivity contribution in [2.75, 3.05) is 10.0 Å². The number of aryl methyl sites for hydroxylation is 2. The van der Waals surface area contributed by atoms with E-state index < -0.39 is 37.2 Å². The molecule has 0 spiro atoms. The van der Waals surface area contributed by atoms with Gasteiger partial charge in [-0.05, 0) is 62.0 Å². The molecule has 3 rings (SSSR count). The van der Waals surface area contributed by atoms with Gasteiger partial charge in [-0.15, -0.1) is 0 Å². The number of rotatable bonds is 7. The molecule has 0 atom stereocenters. The summed E-state index contributed by atoms with van der Waals surface area (Å²) < 4.78 is 28.0. The summed E-state index contributed by atoms with van der Waals surface area (Å²) in [5, 5.41) is 26.8. The molecule has 0 aliphatic rings. The van der Waals surface area contributed by atoms with E-state index >= 15 is 0 Å². The molecule has 0 saturated heterocycles. The number of nitro groups is 2. The van der Waals surface area contributed by atoms with Crippen LogP contribution in [-0.2, 0) is 10.0 Å². The molecule has 186 valence electrons. The molecule has 3 aromatic carbocycles. The second-order valence-corrected chi connectivity index (χ2v) is 9.70. The normalized spacial score (nSPS) is 10.8. The van der Waals surface area contributed by atoms with Crippen molar-refractivity contribution in [1.29, 1.82) is 0 Å². The van der Waals surface area contributed by atoms with Crippen molar-refractivity contribution >= 4 is 56.0 Å². The van der Waals surface area contributed by atoms with Gasteiger partial charge in [-0.25, -0.2) is 8.42 Å². The molecule has 14 heteroatoms. The van der Waals surface area contributed by atoms with Gasteiger partial charge in [0.1, 0.15) is 0 Å². The third kappa shape index (κ3) is 6.37. The summed E-state index contributed by atoms with van der Waals surface area (Å²) in [4.78, 5) is 32.7. The van der Waals surface area contributed by atoms with Gasteiger partial charge in [0.05, 0.1) is 32.1 Å². The third-order valence-electron chi connectivity index (χ3n) is 4.86. The topological polar surface area (TPSA) is 174 Å². The minimum absolute atomic E-state index is 0.00752. The van der Waals surface area contributed by atoms with Crippen molar-refractivity contribution in [1.82, 2.24) is 5.32 Å². The minimum Gasteiger partial charge on any atom is -0.332 e. The predicted molar refractivity (Wildman–Crippen MR) is 137 cm³/mol. The van der Waals surface area contributed by atoms with Crippen molar-refractivity contribution in [2.45, 2.75) is 18.7 Å². The first-order valence-corrected chi connectivity index (χ1v) is 12.0. The maximum Gasteiger partial charge on any atom is 0.277 e. The Labute approximate surface area is 210 Å². The quantitative estimate of drug-likeness (QED) is 0.232. The summed E-state index contributed by atoms with van der Waals surface area (Å²) in [5.74, 6) is -0.906. The molecular weight excluding hydrogens is 510 g/mol. The highest BCUT2D eigenvalue weighted by atomic mass is 32.2. The molecule has 36 heavy (non-hydrogen) atoms. The van der Waals surface area contributed by atoms with Crippen molar-refractivity contribution in [2.24, 2.45) is 0 Å². The van der Waals surface area contributed by atoms with Gasteiger partial charge in [0.2, 0.25) is 0 Å². The first-order valence-electron chi connectivity index (χ1n) is 10.1. The molecule has 3 aromatic rings. The molecule has 0 heterocycles. The van der Waals surface area contributed by atoms with Crippen LogP contribution >= 0.6 is 12.2 Å². The van der Waals surface area contributed by atoms with Crippen molar-refractivity contribution in [3.05, 3.63) is 97.6 Å². The average Bonchev–Trinajstić information content (AvgIpc) is 2.80. The fraction of sp³-hybridized carbons (Fsp3) is 0.0909. The van der Waals surface area contributed by atoms with E-state index in [1.54, 1.807) is 19.1 Å². The Morgan fingerprint density at radius 1 is 0.889 bits per heavy atom. The molecule has 0 radical (unpaired) electrons. The lowest BCUT2D eigenvalue weighted by molar-refractivity contribution is -0.394. The Bertz CT molecular complexity index is 1460. The predicted octanol–water partition coefficient (Wildman–Crippen LogP) is 4.05. The van der Waals surface area contributed by atoms with Crippen LogP contribution in [0, 0.1) is 34.1 Å². The number of nitrogens with zero attached hydrogens (tertiary/aromatic N) is 2. The largest absolute Gasteiger partial charge is 0.332 e. The smallest absolute Gasteiger partial charge is 0.277 e. The van der Waals surface area contributed by atoms with Crippen LogP contribution in [0.5, 0.6) is 0 Å². The highest BCUT2D eigenvalue weighted by molar-refractivity contribution is 7.92. The first kappa shape index (κ1) is 26.2. The van der Waals surface area contributed by atoms with E-state index in [0.29, 0.717) is 11.4 Å². The Morgan fingerprint density at radius 3 is 2.00 bits per heavy atom. The number of hydrogen-bond acceptors (Lipinski definition) is 8. The first-order chi connectivity index (χ1) is 16.9. The molecule has 12 nitrogen and oxygen atoms in total. The Kier molecular flexibility index (Phi) is 7.60. The van der Waals surface area contributed by atoms with Crippen molar-refractivity contribution in [3.8, 4) is 0 Å². The van der Waals surface area contributed by atoms with E-state index in [4.69, 9.17) is 12.2 Å². The van der Waals surface area contributed by atoms with Crippen LogP contribution < -0.4 is 15.4 Å². The molecule has 0 saturated carbocycles. The highest BCUT2D eigenvalue weighted by Gasteiger charge is 2.21. The van der Waals surface area contributed by atoms with Crippen LogP contribution in [0.3, 0.4) is 0 Å². The van der Waals surface area contributed by atoms with Gasteiger partial charge in [0.15, 0.2) is 5.11 Å². The van der Waals surface area contributed by atoms with Crippen LogP contribution in [0.25, 0.3) is 0 Å². The highest BCUT2D eigenvalue weighted by Crippen LogP contribution is 2.23. The summed E-state index contributed by atoms with van der Waals surface area (Å²) in [6.07, 6.45) is 0. The van der Waals surface area contributed by atoms with Gasteiger partial charge in [0, 0.05) is 17.8 Å². The van der Waals surface area contributed by atoms with E-state index in [-0.39, 0.29) is 15.6 Å². The minimum atomic E-state index is -3.86. The number of hydrogen-bond donors (Lipinski definition) is 3. The lowest BCUT2D eigenvalue weighted by atomic mass is 10.1. The van der Waals surface area contributed by atoms with Crippen LogP contribution in [-0.4, -0.2) is 29.3 Å². The Balaban J connectivity index is 1.69. The van der Waals surface area contributed by atoms with Gasteiger partial charge in [-0.3, -0.25) is 35.1 Å². The van der Waals surface area contributed by atoms with Crippen LogP contribution in [0.2, 0.25) is 0 Å². The van der Waals surface area contributed by atoms with Crippen molar-refractivity contribution in [3.63, 3.8) is 0 Å². The zero-order valence-electron chi connectivity index (χ0n) is 18.8. The van der Waals surface area contributed by atoms with Gasteiger partial charge < -0.3 is 5.32 Å². The number of carbonyl (C=O) groups is 1. The fourth-order valence-corrected chi connectivity index (χ4v) is 4.47. The SMILES string of the molecule is Cc1ccc(NS(=O)(=O)c2ccc(NC(=S)NC(=O)c3cc([N+](=O)[O-])cc([N+](=O)[O-])c3)cc2)c(C)c1. The number of carbonyl (C=O) groups excluding carboxylic acids is 1. The number of anilines is 2. The maximum absolute atomic E-state index is 12.7. The number of nitro benzene ring substituents is 2. The van der Waals surface area contributed by atoms with E-state index in [0.717, 1.165) is 29.3 Å². The van der Waals surface area contributed by atoms with E-state index in [1.807, 2.05) is 13.0 Å².